The Morgan fingerprint density at radius 2 is 0.778 bits per heavy atom. The van der Waals surface area contributed by atoms with Crippen LogP contribution < -0.4 is 0 Å². The smallest absolute Gasteiger partial charge is 0.305 e. The zero-order valence-electron chi connectivity index (χ0n) is 42.2. The van der Waals surface area contributed by atoms with Crippen molar-refractivity contribution in [2.24, 2.45) is 0 Å². The first-order chi connectivity index (χ1) is 30.9. The van der Waals surface area contributed by atoms with Crippen LogP contribution in [0.4, 0.5) is 0 Å². The average molecular weight is 896 g/mol. The Kier molecular flexibility index (Phi) is 50.8. The van der Waals surface area contributed by atoms with Crippen molar-refractivity contribution >= 4 is 11.9 Å². The van der Waals surface area contributed by atoms with Crippen molar-refractivity contribution in [1.82, 2.24) is 4.90 Å². The van der Waals surface area contributed by atoms with Crippen molar-refractivity contribution in [1.29, 1.82) is 0 Å². The number of hydrogen-bond donors (Lipinski definition) is 3. The van der Waals surface area contributed by atoms with Gasteiger partial charge in [-0.25, -0.2) is 0 Å². The molecule has 0 saturated heterocycles. The molecule has 0 aromatic carbocycles. The summed E-state index contributed by atoms with van der Waals surface area (Å²) in [6, 6.07) is 0. The Labute approximate surface area is 391 Å². The van der Waals surface area contributed by atoms with Gasteiger partial charge in [0.05, 0.1) is 32.0 Å². The van der Waals surface area contributed by atoms with E-state index in [9.17, 15) is 24.9 Å². The van der Waals surface area contributed by atoms with Crippen LogP contribution in [0, 0.1) is 0 Å². The molecule has 376 valence electrons. The molecule has 0 aliphatic rings. The number of carbonyl (C=O) groups excluding carboxylic acids is 2. The third-order valence-corrected chi connectivity index (χ3v) is 13.0. The Hall–Kier alpha value is -1.22. The second-order valence-electron chi connectivity index (χ2n) is 19.3. The zero-order chi connectivity index (χ0) is 45.9. The van der Waals surface area contributed by atoms with Crippen molar-refractivity contribution in [3.05, 3.63) is 0 Å². The van der Waals surface area contributed by atoms with Crippen molar-refractivity contribution in [2.45, 2.75) is 302 Å². The van der Waals surface area contributed by atoms with E-state index in [4.69, 9.17) is 9.47 Å². The van der Waals surface area contributed by atoms with E-state index in [-0.39, 0.29) is 44.3 Å². The molecule has 0 heterocycles. The molecule has 63 heavy (non-hydrogen) atoms. The quantitative estimate of drug-likeness (QED) is 0.0411. The fourth-order valence-electron chi connectivity index (χ4n) is 8.76. The molecule has 8 nitrogen and oxygen atoms in total. The molecule has 0 saturated carbocycles. The molecular weight excluding hydrogens is 787 g/mol. The molecule has 0 aromatic rings. The van der Waals surface area contributed by atoms with E-state index in [1.54, 1.807) is 4.90 Å². The molecule has 2 unspecified atom stereocenters. The fourth-order valence-corrected chi connectivity index (χ4v) is 8.76. The van der Waals surface area contributed by atoms with E-state index in [0.717, 1.165) is 70.6 Å². The summed E-state index contributed by atoms with van der Waals surface area (Å²) in [5, 5.41) is 30.1. The standard InChI is InChI=1S/C55H109NO7/c1-3-5-7-9-10-11-12-13-16-19-24-29-34-40-48-62-51-53(59)50-56(46-47-57)54(60)44-38-32-27-21-18-15-14-17-20-25-30-35-41-49-63-55(61)45-39-33-28-23-22-26-31-37-43-52(58)42-36-8-6-4-2/h52-53,57-59H,3-51H2,1-2H3. The molecule has 0 rings (SSSR count). The fraction of sp³-hybridized carbons (Fsp3) is 0.964. The molecule has 8 heteroatoms. The van der Waals surface area contributed by atoms with Crippen molar-refractivity contribution in [3.63, 3.8) is 0 Å². The maximum atomic E-state index is 12.8. The molecule has 0 radical (unpaired) electrons. The summed E-state index contributed by atoms with van der Waals surface area (Å²) < 4.78 is 11.2. The van der Waals surface area contributed by atoms with E-state index in [1.807, 2.05) is 0 Å². The predicted octanol–water partition coefficient (Wildman–Crippen LogP) is 14.9. The third kappa shape index (κ3) is 48.5. The molecule has 2 atom stereocenters. The lowest BCUT2D eigenvalue weighted by molar-refractivity contribution is -0.144. The molecule has 0 aromatic heterocycles. The molecule has 3 N–H and O–H groups in total. The van der Waals surface area contributed by atoms with Crippen molar-refractivity contribution < 1.29 is 34.4 Å². The number of aliphatic hydroxyl groups is 3. The third-order valence-electron chi connectivity index (χ3n) is 13.0. The summed E-state index contributed by atoms with van der Waals surface area (Å²) in [7, 11) is 0. The van der Waals surface area contributed by atoms with Gasteiger partial charge in [0.2, 0.25) is 5.91 Å². The number of unbranched alkanes of at least 4 members (excludes halogenated alkanes) is 35. The van der Waals surface area contributed by atoms with Gasteiger partial charge in [0.1, 0.15) is 0 Å². The summed E-state index contributed by atoms with van der Waals surface area (Å²) in [5.74, 6) is -0.00838. The van der Waals surface area contributed by atoms with E-state index < -0.39 is 6.10 Å². The average Bonchev–Trinajstić information content (AvgIpc) is 3.27. The van der Waals surface area contributed by atoms with Gasteiger partial charge in [-0.2, -0.15) is 0 Å². The second-order valence-corrected chi connectivity index (χ2v) is 19.3. The zero-order valence-corrected chi connectivity index (χ0v) is 42.2. The van der Waals surface area contributed by atoms with Gasteiger partial charge in [-0.3, -0.25) is 9.59 Å². The number of ether oxygens (including phenoxy) is 2. The van der Waals surface area contributed by atoms with E-state index in [1.165, 1.54) is 193 Å². The van der Waals surface area contributed by atoms with Crippen LogP contribution in [-0.4, -0.2) is 83.8 Å². The molecule has 0 aliphatic carbocycles. The Balaban J connectivity index is 3.52. The summed E-state index contributed by atoms with van der Waals surface area (Å²) in [6.45, 7) is 6.36. The Morgan fingerprint density at radius 1 is 0.429 bits per heavy atom. The molecule has 1 amide bonds. The minimum atomic E-state index is -0.720. The monoisotopic (exact) mass is 896 g/mol. The Morgan fingerprint density at radius 3 is 1.21 bits per heavy atom. The van der Waals surface area contributed by atoms with Crippen molar-refractivity contribution in [3.8, 4) is 0 Å². The van der Waals surface area contributed by atoms with Gasteiger partial charge in [-0.1, -0.05) is 239 Å². The van der Waals surface area contributed by atoms with Crippen LogP contribution >= 0.6 is 0 Å². The molecule has 0 bridgehead atoms. The predicted molar refractivity (Wildman–Crippen MR) is 267 cm³/mol. The molecular formula is C55H109NO7. The van der Waals surface area contributed by atoms with Gasteiger partial charge < -0.3 is 29.7 Å². The van der Waals surface area contributed by atoms with Gasteiger partial charge >= 0.3 is 5.97 Å². The second kappa shape index (κ2) is 51.8. The number of carbonyl (C=O) groups is 2. The van der Waals surface area contributed by atoms with Crippen LogP contribution in [0.2, 0.25) is 0 Å². The number of esters is 1. The van der Waals surface area contributed by atoms with E-state index >= 15 is 0 Å². The summed E-state index contributed by atoms with van der Waals surface area (Å²) in [4.78, 5) is 26.5. The van der Waals surface area contributed by atoms with Gasteiger partial charge in [-0.05, 0) is 38.5 Å². The lowest BCUT2D eigenvalue weighted by atomic mass is 10.0. The van der Waals surface area contributed by atoms with Crippen LogP contribution in [-0.2, 0) is 19.1 Å². The van der Waals surface area contributed by atoms with Crippen LogP contribution in [0.3, 0.4) is 0 Å². The number of amides is 1. The topological polar surface area (TPSA) is 117 Å². The minimum absolute atomic E-state index is 0.0201. The first-order valence-electron chi connectivity index (χ1n) is 27.9. The number of rotatable bonds is 53. The normalized spacial score (nSPS) is 12.5. The molecule has 0 fully saturated rings. The van der Waals surface area contributed by atoms with Crippen molar-refractivity contribution in [2.75, 3.05) is 39.5 Å². The molecule has 0 spiro atoms. The first kappa shape index (κ1) is 61.8. The SMILES string of the molecule is CCCCCCCCCCCCCCCCOCC(O)CN(CCO)C(=O)CCCCCCCCCCCCCCCOC(=O)CCCCCCCCCCC(O)CCCCCC. The highest BCUT2D eigenvalue weighted by atomic mass is 16.5. The van der Waals surface area contributed by atoms with E-state index in [0.29, 0.717) is 26.1 Å². The van der Waals surface area contributed by atoms with E-state index in [2.05, 4.69) is 13.8 Å². The van der Waals surface area contributed by atoms with Gasteiger partial charge in [-0.15, -0.1) is 0 Å². The lowest BCUT2D eigenvalue weighted by Crippen LogP contribution is -2.40. The summed E-state index contributed by atoms with van der Waals surface area (Å²) in [6.07, 6.45) is 50.4. The van der Waals surface area contributed by atoms with Crippen LogP contribution in [0.25, 0.3) is 0 Å². The summed E-state index contributed by atoms with van der Waals surface area (Å²) >= 11 is 0. The highest BCUT2D eigenvalue weighted by Crippen LogP contribution is 2.17. The van der Waals surface area contributed by atoms with Crippen LogP contribution in [0.1, 0.15) is 290 Å². The minimum Gasteiger partial charge on any atom is -0.466 e. The highest BCUT2D eigenvalue weighted by Gasteiger charge is 2.17. The maximum Gasteiger partial charge on any atom is 0.305 e. The van der Waals surface area contributed by atoms with Crippen LogP contribution in [0.5, 0.6) is 0 Å². The van der Waals surface area contributed by atoms with Crippen LogP contribution in [0.15, 0.2) is 0 Å². The molecule has 0 aliphatic heterocycles. The summed E-state index contributed by atoms with van der Waals surface area (Å²) in [5.41, 5.74) is 0. The largest absolute Gasteiger partial charge is 0.466 e. The first-order valence-corrected chi connectivity index (χ1v) is 27.9. The van der Waals surface area contributed by atoms with Gasteiger partial charge in [0.25, 0.3) is 0 Å². The van der Waals surface area contributed by atoms with Gasteiger partial charge in [0.15, 0.2) is 0 Å². The number of hydrogen-bond acceptors (Lipinski definition) is 7. The van der Waals surface area contributed by atoms with Gasteiger partial charge in [0, 0.05) is 32.5 Å². The number of aliphatic hydroxyl groups excluding tert-OH is 3. The lowest BCUT2D eigenvalue weighted by Gasteiger charge is -2.24. The number of nitrogens with zero attached hydrogens (tertiary/aromatic N) is 1. The maximum absolute atomic E-state index is 12.8. The highest BCUT2D eigenvalue weighted by molar-refractivity contribution is 5.76. The Bertz CT molecular complexity index is 919.